The SMILES string of the molecule is CC1CN(CCF)C(C(C)C)CN1. The van der Waals surface area contributed by atoms with E-state index in [9.17, 15) is 4.39 Å². The molecule has 2 nitrogen and oxygen atoms in total. The van der Waals surface area contributed by atoms with Gasteiger partial charge in [0.2, 0.25) is 0 Å². The minimum Gasteiger partial charge on any atom is -0.311 e. The second-order valence-electron chi connectivity index (χ2n) is 4.30. The van der Waals surface area contributed by atoms with Gasteiger partial charge in [0.15, 0.2) is 0 Å². The van der Waals surface area contributed by atoms with Gasteiger partial charge < -0.3 is 5.32 Å². The number of halogens is 1. The summed E-state index contributed by atoms with van der Waals surface area (Å²) in [5, 5.41) is 3.44. The molecule has 1 heterocycles. The largest absolute Gasteiger partial charge is 0.311 e. The number of piperazine rings is 1. The van der Waals surface area contributed by atoms with Crippen molar-refractivity contribution in [2.75, 3.05) is 26.3 Å². The number of nitrogens with one attached hydrogen (secondary N) is 1. The second kappa shape index (κ2) is 4.91. The molecule has 1 fully saturated rings. The third-order valence-electron chi connectivity index (χ3n) is 2.79. The van der Waals surface area contributed by atoms with Crippen LogP contribution in [0.25, 0.3) is 0 Å². The molecular weight excluding hydrogens is 167 g/mol. The van der Waals surface area contributed by atoms with Crippen LogP contribution in [0, 0.1) is 5.92 Å². The van der Waals surface area contributed by atoms with Crippen molar-refractivity contribution in [3.63, 3.8) is 0 Å². The highest BCUT2D eigenvalue weighted by atomic mass is 19.1. The molecule has 1 N–H and O–H groups in total. The first-order chi connectivity index (χ1) is 6.15. The van der Waals surface area contributed by atoms with Gasteiger partial charge >= 0.3 is 0 Å². The molecule has 0 aromatic heterocycles. The van der Waals surface area contributed by atoms with E-state index in [0.717, 1.165) is 13.1 Å². The van der Waals surface area contributed by atoms with Gasteiger partial charge in [-0.2, -0.15) is 0 Å². The van der Waals surface area contributed by atoms with Crippen LogP contribution in [0.15, 0.2) is 0 Å². The third-order valence-corrected chi connectivity index (χ3v) is 2.79. The van der Waals surface area contributed by atoms with Crippen LogP contribution in [-0.2, 0) is 0 Å². The fourth-order valence-corrected chi connectivity index (χ4v) is 2.03. The van der Waals surface area contributed by atoms with Crippen molar-refractivity contribution in [3.05, 3.63) is 0 Å². The van der Waals surface area contributed by atoms with E-state index in [2.05, 4.69) is 31.0 Å². The Morgan fingerprint density at radius 3 is 2.77 bits per heavy atom. The zero-order valence-corrected chi connectivity index (χ0v) is 8.89. The Hall–Kier alpha value is -0.150. The van der Waals surface area contributed by atoms with E-state index < -0.39 is 0 Å². The molecule has 1 rings (SSSR count). The van der Waals surface area contributed by atoms with Gasteiger partial charge in [-0.05, 0) is 12.8 Å². The Bertz CT molecular complexity index is 150. The van der Waals surface area contributed by atoms with Crippen LogP contribution in [0.3, 0.4) is 0 Å². The summed E-state index contributed by atoms with van der Waals surface area (Å²) in [6, 6.07) is 1.01. The van der Waals surface area contributed by atoms with Gasteiger partial charge in [0.1, 0.15) is 6.67 Å². The fraction of sp³-hybridized carbons (Fsp3) is 1.00. The first-order valence-electron chi connectivity index (χ1n) is 5.18. The lowest BCUT2D eigenvalue weighted by Crippen LogP contribution is -2.57. The number of alkyl halides is 1. The highest BCUT2D eigenvalue weighted by Gasteiger charge is 2.27. The van der Waals surface area contributed by atoms with Crippen LogP contribution in [0.5, 0.6) is 0 Å². The van der Waals surface area contributed by atoms with Gasteiger partial charge in [0.05, 0.1) is 0 Å². The maximum Gasteiger partial charge on any atom is 0.102 e. The minimum absolute atomic E-state index is 0.226. The molecule has 1 aliphatic heterocycles. The van der Waals surface area contributed by atoms with Crippen molar-refractivity contribution in [1.29, 1.82) is 0 Å². The van der Waals surface area contributed by atoms with E-state index in [1.807, 2.05) is 0 Å². The summed E-state index contributed by atoms with van der Waals surface area (Å²) in [7, 11) is 0. The summed E-state index contributed by atoms with van der Waals surface area (Å²) in [6.45, 7) is 8.90. The zero-order chi connectivity index (χ0) is 9.84. The van der Waals surface area contributed by atoms with Crippen molar-refractivity contribution in [2.24, 2.45) is 5.92 Å². The van der Waals surface area contributed by atoms with Crippen LogP contribution >= 0.6 is 0 Å². The van der Waals surface area contributed by atoms with E-state index in [0.29, 0.717) is 24.5 Å². The number of nitrogens with zero attached hydrogens (tertiary/aromatic N) is 1. The molecule has 78 valence electrons. The average molecular weight is 188 g/mol. The van der Waals surface area contributed by atoms with Crippen LogP contribution in [-0.4, -0.2) is 43.3 Å². The summed E-state index contributed by atoms with van der Waals surface area (Å²) < 4.78 is 12.3. The first-order valence-corrected chi connectivity index (χ1v) is 5.18. The zero-order valence-electron chi connectivity index (χ0n) is 8.89. The van der Waals surface area contributed by atoms with Crippen LogP contribution in [0.1, 0.15) is 20.8 Å². The van der Waals surface area contributed by atoms with Crippen molar-refractivity contribution in [3.8, 4) is 0 Å². The van der Waals surface area contributed by atoms with E-state index in [1.165, 1.54) is 0 Å². The van der Waals surface area contributed by atoms with Crippen molar-refractivity contribution >= 4 is 0 Å². The lowest BCUT2D eigenvalue weighted by Gasteiger charge is -2.41. The van der Waals surface area contributed by atoms with Gasteiger partial charge in [0, 0.05) is 31.7 Å². The van der Waals surface area contributed by atoms with Crippen molar-refractivity contribution in [1.82, 2.24) is 10.2 Å². The van der Waals surface area contributed by atoms with Crippen LogP contribution < -0.4 is 5.32 Å². The Morgan fingerprint density at radius 2 is 2.23 bits per heavy atom. The average Bonchev–Trinajstić information content (AvgIpc) is 2.04. The molecule has 0 saturated carbocycles. The second-order valence-corrected chi connectivity index (χ2v) is 4.30. The first kappa shape index (κ1) is 10.9. The van der Waals surface area contributed by atoms with E-state index in [1.54, 1.807) is 0 Å². The molecule has 2 atom stereocenters. The van der Waals surface area contributed by atoms with Gasteiger partial charge in [-0.1, -0.05) is 13.8 Å². The molecule has 1 aliphatic rings. The Balaban J connectivity index is 2.50. The van der Waals surface area contributed by atoms with Crippen molar-refractivity contribution < 1.29 is 4.39 Å². The highest BCUT2D eigenvalue weighted by molar-refractivity contribution is 4.85. The third kappa shape index (κ3) is 2.92. The molecule has 13 heavy (non-hydrogen) atoms. The molecule has 0 amide bonds. The summed E-state index contributed by atoms with van der Waals surface area (Å²) >= 11 is 0. The maximum absolute atomic E-state index is 12.3. The molecular formula is C10H21FN2. The number of rotatable bonds is 3. The summed E-state index contributed by atoms with van der Waals surface area (Å²) in [5.74, 6) is 0.603. The Kier molecular flexibility index (Phi) is 4.13. The van der Waals surface area contributed by atoms with Gasteiger partial charge in [-0.15, -0.1) is 0 Å². The standard InChI is InChI=1S/C10H21FN2/c1-8(2)10-6-12-9(3)7-13(10)5-4-11/h8-10,12H,4-7H2,1-3H3. The maximum atomic E-state index is 12.3. The van der Waals surface area contributed by atoms with Crippen LogP contribution in [0.4, 0.5) is 4.39 Å². The lowest BCUT2D eigenvalue weighted by atomic mass is 9.99. The van der Waals surface area contributed by atoms with Gasteiger partial charge in [-0.3, -0.25) is 4.90 Å². The van der Waals surface area contributed by atoms with E-state index in [-0.39, 0.29) is 6.67 Å². The predicted octanol–water partition coefficient (Wildman–Crippen LogP) is 1.27. The Labute approximate surface area is 80.5 Å². The van der Waals surface area contributed by atoms with E-state index in [4.69, 9.17) is 0 Å². The molecule has 2 unspecified atom stereocenters. The monoisotopic (exact) mass is 188 g/mol. The lowest BCUT2D eigenvalue weighted by molar-refractivity contribution is 0.0958. The molecule has 0 aliphatic carbocycles. The molecule has 0 aromatic carbocycles. The molecule has 3 heteroatoms. The van der Waals surface area contributed by atoms with Gasteiger partial charge in [-0.25, -0.2) is 4.39 Å². The fourth-order valence-electron chi connectivity index (χ4n) is 2.03. The predicted molar refractivity (Wildman–Crippen MR) is 53.6 cm³/mol. The smallest absolute Gasteiger partial charge is 0.102 e. The molecule has 0 spiro atoms. The van der Waals surface area contributed by atoms with E-state index >= 15 is 0 Å². The Morgan fingerprint density at radius 1 is 1.54 bits per heavy atom. The summed E-state index contributed by atoms with van der Waals surface area (Å²) in [4.78, 5) is 2.27. The molecule has 0 radical (unpaired) electrons. The number of hydrogen-bond donors (Lipinski definition) is 1. The summed E-state index contributed by atoms with van der Waals surface area (Å²) in [5.41, 5.74) is 0. The minimum atomic E-state index is -0.226. The highest BCUT2D eigenvalue weighted by Crippen LogP contribution is 2.14. The topological polar surface area (TPSA) is 15.3 Å². The number of hydrogen-bond acceptors (Lipinski definition) is 2. The molecule has 0 bridgehead atoms. The summed E-state index contributed by atoms with van der Waals surface area (Å²) in [6.07, 6.45) is 0. The van der Waals surface area contributed by atoms with Crippen molar-refractivity contribution in [2.45, 2.75) is 32.9 Å². The van der Waals surface area contributed by atoms with Gasteiger partial charge in [0.25, 0.3) is 0 Å². The molecule has 0 aromatic rings. The normalized spacial score (nSPS) is 31.2. The quantitative estimate of drug-likeness (QED) is 0.717. The molecule has 1 saturated heterocycles. The van der Waals surface area contributed by atoms with Crippen LogP contribution in [0.2, 0.25) is 0 Å².